The highest BCUT2D eigenvalue weighted by Gasteiger charge is 2.05. The summed E-state index contributed by atoms with van der Waals surface area (Å²) in [6.45, 7) is 0.551. The Hall–Kier alpha value is -2.30. The Bertz CT molecular complexity index is 568. The number of aromatic nitrogens is 1. The van der Waals surface area contributed by atoms with Gasteiger partial charge in [-0.3, -0.25) is 9.78 Å². The molecule has 5 heteroatoms. The third-order valence-electron chi connectivity index (χ3n) is 2.77. The van der Waals surface area contributed by atoms with E-state index in [9.17, 15) is 4.79 Å². The van der Waals surface area contributed by atoms with E-state index < -0.39 is 0 Å². The van der Waals surface area contributed by atoms with Crippen molar-refractivity contribution in [2.75, 3.05) is 24.6 Å². The molecule has 0 aliphatic carbocycles. The average molecular weight is 244 g/mol. The van der Waals surface area contributed by atoms with Crippen LogP contribution in [0.3, 0.4) is 0 Å². The molecule has 0 spiro atoms. The SMILES string of the molecule is CNC(=O)CCNc1ccc2ncccc2c1N. The molecule has 0 radical (unpaired) electrons. The van der Waals surface area contributed by atoms with E-state index in [0.29, 0.717) is 18.7 Å². The molecule has 18 heavy (non-hydrogen) atoms. The van der Waals surface area contributed by atoms with E-state index in [-0.39, 0.29) is 5.91 Å². The van der Waals surface area contributed by atoms with Gasteiger partial charge in [-0.2, -0.15) is 0 Å². The van der Waals surface area contributed by atoms with Gasteiger partial charge in [0.1, 0.15) is 0 Å². The lowest BCUT2D eigenvalue weighted by atomic mass is 10.1. The van der Waals surface area contributed by atoms with Crippen LogP contribution in [0.2, 0.25) is 0 Å². The maximum atomic E-state index is 11.1. The van der Waals surface area contributed by atoms with E-state index in [0.717, 1.165) is 16.6 Å². The fourth-order valence-electron chi connectivity index (χ4n) is 1.77. The molecular formula is C13H16N4O. The van der Waals surface area contributed by atoms with E-state index in [2.05, 4.69) is 15.6 Å². The van der Waals surface area contributed by atoms with Gasteiger partial charge in [0, 0.05) is 31.6 Å². The number of carbonyl (C=O) groups is 1. The number of nitrogens with zero attached hydrogens (tertiary/aromatic N) is 1. The molecule has 0 unspecified atom stereocenters. The second-order valence-corrected chi connectivity index (χ2v) is 3.95. The highest BCUT2D eigenvalue weighted by atomic mass is 16.1. The first-order chi connectivity index (χ1) is 8.72. The topological polar surface area (TPSA) is 80.0 Å². The zero-order chi connectivity index (χ0) is 13.0. The maximum absolute atomic E-state index is 11.1. The normalized spacial score (nSPS) is 10.3. The lowest BCUT2D eigenvalue weighted by Gasteiger charge is -2.10. The van der Waals surface area contributed by atoms with Crippen molar-refractivity contribution < 1.29 is 4.79 Å². The van der Waals surface area contributed by atoms with Gasteiger partial charge in [0.2, 0.25) is 5.91 Å². The minimum atomic E-state index is 0.00327. The van der Waals surface area contributed by atoms with Crippen LogP contribution in [-0.2, 0) is 4.79 Å². The molecule has 2 rings (SSSR count). The van der Waals surface area contributed by atoms with Crippen molar-refractivity contribution in [3.05, 3.63) is 30.5 Å². The van der Waals surface area contributed by atoms with Crippen LogP contribution in [0.15, 0.2) is 30.5 Å². The van der Waals surface area contributed by atoms with Crippen molar-refractivity contribution in [3.8, 4) is 0 Å². The molecule has 0 bridgehead atoms. The third kappa shape index (κ3) is 2.51. The molecule has 1 amide bonds. The van der Waals surface area contributed by atoms with Crippen LogP contribution < -0.4 is 16.4 Å². The van der Waals surface area contributed by atoms with Crippen LogP contribution in [-0.4, -0.2) is 24.5 Å². The molecule has 1 heterocycles. The largest absolute Gasteiger partial charge is 0.397 e. The molecule has 0 fully saturated rings. The summed E-state index contributed by atoms with van der Waals surface area (Å²) >= 11 is 0. The van der Waals surface area contributed by atoms with Gasteiger partial charge in [-0.15, -0.1) is 0 Å². The predicted molar refractivity (Wildman–Crippen MR) is 73.3 cm³/mol. The number of hydrogen-bond donors (Lipinski definition) is 3. The highest BCUT2D eigenvalue weighted by Crippen LogP contribution is 2.27. The standard InChI is InChI=1S/C13H16N4O/c1-15-12(18)6-8-17-11-5-4-10-9(13(11)14)3-2-7-16-10/h2-5,7,17H,6,8,14H2,1H3,(H,15,18). The second kappa shape index (κ2) is 5.35. The summed E-state index contributed by atoms with van der Waals surface area (Å²) in [6.07, 6.45) is 2.15. The summed E-state index contributed by atoms with van der Waals surface area (Å²) in [7, 11) is 1.62. The molecule has 5 nitrogen and oxygen atoms in total. The predicted octanol–water partition coefficient (Wildman–Crippen LogP) is 1.36. The van der Waals surface area contributed by atoms with Crippen LogP contribution in [0, 0.1) is 0 Å². The van der Waals surface area contributed by atoms with Crippen molar-refractivity contribution in [3.63, 3.8) is 0 Å². The van der Waals surface area contributed by atoms with Gasteiger partial charge in [0.15, 0.2) is 0 Å². The Morgan fingerprint density at radius 2 is 2.22 bits per heavy atom. The molecule has 0 saturated carbocycles. The van der Waals surface area contributed by atoms with E-state index in [4.69, 9.17) is 5.73 Å². The average Bonchev–Trinajstić information content (AvgIpc) is 2.41. The van der Waals surface area contributed by atoms with Crippen LogP contribution in [0.5, 0.6) is 0 Å². The summed E-state index contributed by atoms with van der Waals surface area (Å²) in [5.41, 5.74) is 8.43. The Labute approximate surface area is 105 Å². The van der Waals surface area contributed by atoms with Gasteiger partial charge in [-0.1, -0.05) is 0 Å². The monoisotopic (exact) mass is 244 g/mol. The van der Waals surface area contributed by atoms with E-state index in [1.54, 1.807) is 13.2 Å². The molecule has 0 saturated heterocycles. The van der Waals surface area contributed by atoms with Crippen molar-refractivity contribution >= 4 is 28.2 Å². The molecule has 2 aromatic rings. The summed E-state index contributed by atoms with van der Waals surface area (Å²) in [5, 5.41) is 6.65. The molecule has 1 aromatic heterocycles. The lowest BCUT2D eigenvalue weighted by molar-refractivity contribution is -0.120. The number of hydrogen-bond acceptors (Lipinski definition) is 4. The van der Waals surface area contributed by atoms with Crippen LogP contribution in [0.25, 0.3) is 10.9 Å². The Morgan fingerprint density at radius 1 is 1.39 bits per heavy atom. The summed E-state index contributed by atoms with van der Waals surface area (Å²) in [4.78, 5) is 15.3. The van der Waals surface area contributed by atoms with Gasteiger partial charge >= 0.3 is 0 Å². The first kappa shape index (κ1) is 12.2. The number of nitrogens with one attached hydrogen (secondary N) is 2. The first-order valence-electron chi connectivity index (χ1n) is 5.80. The van der Waals surface area contributed by atoms with Gasteiger partial charge in [0.05, 0.1) is 16.9 Å². The zero-order valence-corrected chi connectivity index (χ0v) is 10.2. The van der Waals surface area contributed by atoms with Crippen molar-refractivity contribution in [1.82, 2.24) is 10.3 Å². The van der Waals surface area contributed by atoms with Gasteiger partial charge < -0.3 is 16.4 Å². The molecule has 0 aliphatic heterocycles. The summed E-state index contributed by atoms with van der Waals surface area (Å²) < 4.78 is 0. The number of rotatable bonds is 4. The summed E-state index contributed by atoms with van der Waals surface area (Å²) in [6, 6.07) is 7.58. The number of nitrogen functional groups attached to an aromatic ring is 1. The van der Waals surface area contributed by atoms with Crippen molar-refractivity contribution in [1.29, 1.82) is 0 Å². The van der Waals surface area contributed by atoms with Gasteiger partial charge in [0.25, 0.3) is 0 Å². The molecular weight excluding hydrogens is 228 g/mol. The molecule has 94 valence electrons. The third-order valence-corrected chi connectivity index (χ3v) is 2.77. The number of amides is 1. The number of nitrogens with two attached hydrogens (primary N) is 1. The Morgan fingerprint density at radius 3 is 3.00 bits per heavy atom. The Kier molecular flexibility index (Phi) is 3.62. The minimum absolute atomic E-state index is 0.00327. The van der Waals surface area contributed by atoms with Crippen LogP contribution >= 0.6 is 0 Å². The number of fused-ring (bicyclic) bond motifs is 1. The van der Waals surface area contributed by atoms with Crippen molar-refractivity contribution in [2.45, 2.75) is 6.42 Å². The van der Waals surface area contributed by atoms with Gasteiger partial charge in [-0.25, -0.2) is 0 Å². The number of carbonyl (C=O) groups excluding carboxylic acids is 1. The molecule has 0 atom stereocenters. The molecule has 0 aliphatic rings. The van der Waals surface area contributed by atoms with E-state index in [1.165, 1.54) is 0 Å². The highest BCUT2D eigenvalue weighted by molar-refractivity contribution is 5.96. The van der Waals surface area contributed by atoms with Crippen LogP contribution in [0.1, 0.15) is 6.42 Å². The van der Waals surface area contributed by atoms with Crippen LogP contribution in [0.4, 0.5) is 11.4 Å². The zero-order valence-electron chi connectivity index (χ0n) is 10.2. The number of benzene rings is 1. The van der Waals surface area contributed by atoms with E-state index >= 15 is 0 Å². The van der Waals surface area contributed by atoms with Crippen molar-refractivity contribution in [2.24, 2.45) is 0 Å². The molecule has 1 aromatic carbocycles. The quantitative estimate of drug-likeness (QED) is 0.709. The fourth-order valence-corrected chi connectivity index (χ4v) is 1.77. The number of anilines is 2. The number of pyridine rings is 1. The fraction of sp³-hybridized carbons (Fsp3) is 0.231. The molecule has 4 N–H and O–H groups in total. The minimum Gasteiger partial charge on any atom is -0.397 e. The summed E-state index contributed by atoms with van der Waals surface area (Å²) in [5.74, 6) is 0.00327. The van der Waals surface area contributed by atoms with E-state index in [1.807, 2.05) is 24.3 Å². The Balaban J connectivity index is 2.14. The second-order valence-electron chi connectivity index (χ2n) is 3.95. The smallest absolute Gasteiger partial charge is 0.221 e. The maximum Gasteiger partial charge on any atom is 0.221 e. The van der Waals surface area contributed by atoms with Gasteiger partial charge in [-0.05, 0) is 24.3 Å². The first-order valence-corrected chi connectivity index (χ1v) is 5.80. The lowest BCUT2D eigenvalue weighted by Crippen LogP contribution is -2.21.